The third kappa shape index (κ3) is 5.68. The number of carbonyl (C=O) groups excluding carboxylic acids is 1. The maximum absolute atomic E-state index is 11.5. The van der Waals surface area contributed by atoms with Gasteiger partial charge in [-0.2, -0.15) is 0 Å². The second kappa shape index (κ2) is 8.53. The molecular formula is C14H22N2O2. The minimum Gasteiger partial charge on any atom is -0.494 e. The van der Waals surface area contributed by atoms with Crippen LogP contribution in [-0.4, -0.2) is 25.6 Å². The van der Waals surface area contributed by atoms with Crippen LogP contribution in [0.3, 0.4) is 0 Å². The molecule has 0 saturated heterocycles. The first kappa shape index (κ1) is 14.5. The Morgan fingerprint density at radius 1 is 1.33 bits per heavy atom. The van der Waals surface area contributed by atoms with Crippen molar-refractivity contribution in [3.63, 3.8) is 0 Å². The summed E-state index contributed by atoms with van der Waals surface area (Å²) in [6.07, 6.45) is 2.09. The van der Waals surface area contributed by atoms with Crippen molar-refractivity contribution in [1.29, 1.82) is 0 Å². The van der Waals surface area contributed by atoms with E-state index >= 15 is 0 Å². The zero-order valence-electron chi connectivity index (χ0n) is 10.9. The molecule has 0 heterocycles. The number of benzene rings is 1. The molecule has 100 valence electrons. The number of aryl methyl sites for hydroxylation is 1. The molecule has 1 aromatic rings. The first-order chi connectivity index (χ1) is 8.76. The Hall–Kier alpha value is -1.55. The number of rotatable bonds is 8. The van der Waals surface area contributed by atoms with E-state index in [-0.39, 0.29) is 5.91 Å². The molecule has 0 aromatic heterocycles. The highest BCUT2D eigenvalue weighted by molar-refractivity contribution is 5.76. The molecular weight excluding hydrogens is 228 g/mol. The van der Waals surface area contributed by atoms with E-state index in [0.29, 0.717) is 26.1 Å². The average Bonchev–Trinajstić information content (AvgIpc) is 2.39. The molecule has 0 aliphatic heterocycles. The predicted molar refractivity (Wildman–Crippen MR) is 72.6 cm³/mol. The monoisotopic (exact) mass is 250 g/mol. The normalized spacial score (nSPS) is 10.1. The van der Waals surface area contributed by atoms with Crippen LogP contribution < -0.4 is 15.8 Å². The van der Waals surface area contributed by atoms with E-state index < -0.39 is 0 Å². The first-order valence-corrected chi connectivity index (χ1v) is 6.44. The second-order valence-corrected chi connectivity index (χ2v) is 4.07. The van der Waals surface area contributed by atoms with Crippen LogP contribution in [0, 0.1) is 0 Å². The Bertz CT molecular complexity index is 349. The van der Waals surface area contributed by atoms with Gasteiger partial charge in [0.05, 0.1) is 6.61 Å². The Morgan fingerprint density at radius 2 is 2.06 bits per heavy atom. The van der Waals surface area contributed by atoms with Gasteiger partial charge in [0.25, 0.3) is 0 Å². The van der Waals surface area contributed by atoms with Crippen molar-refractivity contribution in [2.45, 2.75) is 26.2 Å². The van der Waals surface area contributed by atoms with Gasteiger partial charge in [-0.1, -0.05) is 12.1 Å². The zero-order valence-corrected chi connectivity index (χ0v) is 10.9. The van der Waals surface area contributed by atoms with Crippen molar-refractivity contribution < 1.29 is 9.53 Å². The molecule has 0 unspecified atom stereocenters. The maximum Gasteiger partial charge on any atom is 0.220 e. The summed E-state index contributed by atoms with van der Waals surface area (Å²) in [5.41, 5.74) is 6.50. The van der Waals surface area contributed by atoms with Crippen molar-refractivity contribution in [2.75, 3.05) is 19.7 Å². The lowest BCUT2D eigenvalue weighted by Crippen LogP contribution is -2.26. The van der Waals surface area contributed by atoms with E-state index in [4.69, 9.17) is 10.5 Å². The van der Waals surface area contributed by atoms with Gasteiger partial charge in [0.15, 0.2) is 0 Å². The summed E-state index contributed by atoms with van der Waals surface area (Å²) in [6, 6.07) is 7.87. The lowest BCUT2D eigenvalue weighted by Gasteiger charge is -2.06. The number of nitrogens with one attached hydrogen (secondary N) is 1. The number of hydrogen-bond donors (Lipinski definition) is 2. The first-order valence-electron chi connectivity index (χ1n) is 6.44. The number of ether oxygens (including phenoxy) is 1. The van der Waals surface area contributed by atoms with Crippen molar-refractivity contribution in [2.24, 2.45) is 5.73 Å². The highest BCUT2D eigenvalue weighted by Gasteiger charge is 2.01. The van der Waals surface area contributed by atoms with Crippen molar-refractivity contribution >= 4 is 5.91 Å². The fourth-order valence-corrected chi connectivity index (χ4v) is 1.60. The average molecular weight is 250 g/mol. The predicted octanol–water partition coefficient (Wildman–Crippen LogP) is 1.48. The molecule has 1 amide bonds. The van der Waals surface area contributed by atoms with Crippen LogP contribution in [0.2, 0.25) is 0 Å². The summed E-state index contributed by atoms with van der Waals surface area (Å²) in [7, 11) is 0. The molecule has 0 saturated carbocycles. The van der Waals surface area contributed by atoms with Crippen LogP contribution in [0.25, 0.3) is 0 Å². The van der Waals surface area contributed by atoms with Gasteiger partial charge in [0.1, 0.15) is 5.75 Å². The van der Waals surface area contributed by atoms with Gasteiger partial charge in [-0.25, -0.2) is 0 Å². The molecule has 0 atom stereocenters. The van der Waals surface area contributed by atoms with Crippen LogP contribution in [0.5, 0.6) is 5.75 Å². The van der Waals surface area contributed by atoms with Crippen molar-refractivity contribution in [3.05, 3.63) is 29.8 Å². The summed E-state index contributed by atoms with van der Waals surface area (Å²) in [6.45, 7) is 3.90. The molecule has 0 radical (unpaired) electrons. The molecule has 4 nitrogen and oxygen atoms in total. The van der Waals surface area contributed by atoms with E-state index in [1.165, 1.54) is 0 Å². The van der Waals surface area contributed by atoms with Crippen LogP contribution >= 0.6 is 0 Å². The third-order valence-corrected chi connectivity index (χ3v) is 2.58. The second-order valence-electron chi connectivity index (χ2n) is 4.07. The minimum absolute atomic E-state index is 0.0809. The molecule has 3 N–H and O–H groups in total. The van der Waals surface area contributed by atoms with Gasteiger partial charge < -0.3 is 15.8 Å². The van der Waals surface area contributed by atoms with Crippen LogP contribution in [0.4, 0.5) is 0 Å². The van der Waals surface area contributed by atoms with Crippen molar-refractivity contribution in [3.8, 4) is 5.75 Å². The van der Waals surface area contributed by atoms with Crippen LogP contribution in [0.15, 0.2) is 24.3 Å². The van der Waals surface area contributed by atoms with E-state index in [0.717, 1.165) is 24.2 Å². The largest absolute Gasteiger partial charge is 0.494 e. The summed E-state index contributed by atoms with van der Waals surface area (Å²) >= 11 is 0. The number of nitrogens with two attached hydrogens (primary N) is 1. The highest BCUT2D eigenvalue weighted by Crippen LogP contribution is 2.13. The van der Waals surface area contributed by atoms with Gasteiger partial charge in [0.2, 0.25) is 5.91 Å². The van der Waals surface area contributed by atoms with Crippen LogP contribution in [0.1, 0.15) is 25.3 Å². The number of carbonyl (C=O) groups is 1. The molecule has 1 aromatic carbocycles. The topological polar surface area (TPSA) is 64.3 Å². The SMILES string of the molecule is CCOc1ccc(CCC(=O)NCCCN)cc1. The Morgan fingerprint density at radius 3 is 2.67 bits per heavy atom. The summed E-state index contributed by atoms with van der Waals surface area (Å²) in [4.78, 5) is 11.5. The number of amides is 1. The smallest absolute Gasteiger partial charge is 0.220 e. The molecule has 0 fully saturated rings. The van der Waals surface area contributed by atoms with Crippen molar-refractivity contribution in [1.82, 2.24) is 5.32 Å². The lowest BCUT2D eigenvalue weighted by molar-refractivity contribution is -0.121. The Balaban J connectivity index is 2.27. The van der Waals surface area contributed by atoms with Gasteiger partial charge in [-0.15, -0.1) is 0 Å². The summed E-state index contributed by atoms with van der Waals surface area (Å²) < 4.78 is 5.36. The molecule has 0 aliphatic rings. The molecule has 1 rings (SSSR count). The fraction of sp³-hybridized carbons (Fsp3) is 0.500. The van der Waals surface area contributed by atoms with Gasteiger partial charge in [-0.3, -0.25) is 4.79 Å². The lowest BCUT2D eigenvalue weighted by atomic mass is 10.1. The third-order valence-electron chi connectivity index (χ3n) is 2.58. The van der Waals surface area contributed by atoms with Gasteiger partial charge in [-0.05, 0) is 44.0 Å². The van der Waals surface area contributed by atoms with E-state index in [1.807, 2.05) is 31.2 Å². The Kier molecular flexibility index (Phi) is 6.87. The summed E-state index contributed by atoms with van der Waals surface area (Å²) in [5, 5.41) is 2.84. The quantitative estimate of drug-likeness (QED) is 0.687. The maximum atomic E-state index is 11.5. The molecule has 0 spiro atoms. The fourth-order valence-electron chi connectivity index (χ4n) is 1.60. The molecule has 0 bridgehead atoms. The number of hydrogen-bond acceptors (Lipinski definition) is 3. The van der Waals surface area contributed by atoms with E-state index in [1.54, 1.807) is 0 Å². The van der Waals surface area contributed by atoms with Gasteiger partial charge in [0, 0.05) is 13.0 Å². The zero-order chi connectivity index (χ0) is 13.2. The minimum atomic E-state index is 0.0809. The van der Waals surface area contributed by atoms with E-state index in [9.17, 15) is 4.79 Å². The van der Waals surface area contributed by atoms with Gasteiger partial charge >= 0.3 is 0 Å². The molecule has 4 heteroatoms. The van der Waals surface area contributed by atoms with E-state index in [2.05, 4.69) is 5.32 Å². The molecule has 0 aliphatic carbocycles. The standard InChI is InChI=1S/C14H22N2O2/c1-2-18-13-7-4-12(5-8-13)6-9-14(17)16-11-3-10-15/h4-5,7-8H,2-3,6,9-11,15H2,1H3,(H,16,17). The highest BCUT2D eigenvalue weighted by atomic mass is 16.5. The van der Waals surface area contributed by atoms with Crippen LogP contribution in [-0.2, 0) is 11.2 Å². The molecule has 18 heavy (non-hydrogen) atoms. The summed E-state index contributed by atoms with van der Waals surface area (Å²) in [5.74, 6) is 0.950. The Labute approximate surface area is 109 Å².